The highest BCUT2D eigenvalue weighted by atomic mass is 16.3. The zero-order chi connectivity index (χ0) is 23.9. The van der Waals surface area contributed by atoms with E-state index < -0.39 is 6.17 Å². The first-order valence-corrected chi connectivity index (χ1v) is 13.3. The number of benzene rings is 1. The van der Waals surface area contributed by atoms with Gasteiger partial charge in [-0.15, -0.1) is 0 Å². The third kappa shape index (κ3) is 9.89. The lowest BCUT2D eigenvalue weighted by molar-refractivity contribution is 0.147. The van der Waals surface area contributed by atoms with Gasteiger partial charge in [-0.25, -0.2) is 0 Å². The Morgan fingerprint density at radius 3 is 1.94 bits per heavy atom. The van der Waals surface area contributed by atoms with Gasteiger partial charge in [-0.3, -0.25) is 9.36 Å². The molecule has 5 nitrogen and oxygen atoms in total. The van der Waals surface area contributed by atoms with E-state index in [0.717, 1.165) is 56.8 Å². The molecule has 0 radical (unpaired) electrons. The van der Waals surface area contributed by atoms with E-state index in [1.165, 1.54) is 55.6 Å². The molecule has 4 N–H and O–H groups in total. The van der Waals surface area contributed by atoms with Crippen LogP contribution in [0.2, 0.25) is 0 Å². The number of nitrogens with zero attached hydrogens (tertiary/aromatic N) is 1. The Morgan fingerprint density at radius 2 is 1.33 bits per heavy atom. The molecule has 0 amide bonds. The molecule has 0 bridgehead atoms. The van der Waals surface area contributed by atoms with Crippen molar-refractivity contribution < 1.29 is 10.2 Å². The van der Waals surface area contributed by atoms with Crippen LogP contribution >= 0.6 is 0 Å². The number of aliphatic hydroxyl groups is 1. The molecule has 186 valence electrons. The van der Waals surface area contributed by atoms with Crippen LogP contribution in [0.1, 0.15) is 116 Å². The average molecular weight is 459 g/mol. The number of aliphatic hydroxyl groups excluding tert-OH is 1. The Bertz CT molecular complexity index is 849. The van der Waals surface area contributed by atoms with Gasteiger partial charge in [0, 0.05) is 11.5 Å². The van der Waals surface area contributed by atoms with E-state index in [4.69, 9.17) is 5.73 Å². The number of unbranched alkanes of at least 4 members (excludes halogenated alkanes) is 11. The van der Waals surface area contributed by atoms with E-state index >= 15 is 0 Å². The number of aromatic hydroxyl groups is 1. The van der Waals surface area contributed by atoms with E-state index in [2.05, 4.69) is 6.92 Å². The summed E-state index contributed by atoms with van der Waals surface area (Å²) in [6, 6.07) is 8.86. The van der Waals surface area contributed by atoms with Gasteiger partial charge in [-0.05, 0) is 30.7 Å². The van der Waals surface area contributed by atoms with E-state index in [1.807, 2.05) is 18.2 Å². The maximum atomic E-state index is 12.4. The van der Waals surface area contributed by atoms with Crippen LogP contribution in [0.5, 0.6) is 5.88 Å². The molecule has 5 heteroatoms. The topological polar surface area (TPSA) is 88.5 Å². The van der Waals surface area contributed by atoms with Crippen LogP contribution in [0.15, 0.2) is 35.1 Å². The third-order valence-electron chi connectivity index (χ3n) is 6.71. The fraction of sp³-hybridized carbons (Fsp3) is 0.679. The molecule has 0 aliphatic carbocycles. The van der Waals surface area contributed by atoms with Crippen LogP contribution < -0.4 is 11.3 Å². The second-order valence-corrected chi connectivity index (χ2v) is 9.59. The number of nitrogens with two attached hydrogens (primary N) is 1. The summed E-state index contributed by atoms with van der Waals surface area (Å²) in [5.41, 5.74) is 5.98. The SMILES string of the molecule is CCCCCCCCCC(O)CCCCCCCCC(N)n1c(O)c2ccccc2cc1=O. The molecule has 0 aliphatic rings. The van der Waals surface area contributed by atoms with Crippen molar-refractivity contribution in [3.05, 3.63) is 40.7 Å². The van der Waals surface area contributed by atoms with Crippen molar-refractivity contribution in [3.63, 3.8) is 0 Å². The Balaban J connectivity index is 1.52. The molecule has 0 aliphatic heterocycles. The quantitative estimate of drug-likeness (QED) is 0.215. The van der Waals surface area contributed by atoms with Crippen LogP contribution in [0, 0.1) is 0 Å². The summed E-state index contributed by atoms with van der Waals surface area (Å²) in [6.07, 6.45) is 17.5. The summed E-state index contributed by atoms with van der Waals surface area (Å²) in [6.45, 7) is 2.25. The molecule has 1 aromatic carbocycles. The second kappa shape index (κ2) is 15.9. The van der Waals surface area contributed by atoms with Crippen LogP contribution in [0.3, 0.4) is 0 Å². The van der Waals surface area contributed by atoms with Crippen molar-refractivity contribution >= 4 is 10.8 Å². The summed E-state index contributed by atoms with van der Waals surface area (Å²) < 4.78 is 1.31. The molecule has 0 saturated carbocycles. The summed E-state index contributed by atoms with van der Waals surface area (Å²) in [5.74, 6) is -0.0411. The predicted octanol–water partition coefficient (Wildman–Crippen LogP) is 6.79. The molecular formula is C28H46N2O3. The predicted molar refractivity (Wildman–Crippen MR) is 139 cm³/mol. The monoisotopic (exact) mass is 458 g/mol. The first kappa shape index (κ1) is 27.4. The Kier molecular flexibility index (Phi) is 13.2. The molecule has 2 aromatic rings. The first-order valence-electron chi connectivity index (χ1n) is 13.3. The number of pyridine rings is 1. The van der Waals surface area contributed by atoms with Crippen molar-refractivity contribution in [2.24, 2.45) is 5.73 Å². The maximum Gasteiger partial charge on any atom is 0.255 e. The van der Waals surface area contributed by atoms with Crippen molar-refractivity contribution in [3.8, 4) is 5.88 Å². The lowest BCUT2D eigenvalue weighted by atomic mass is 10.0. The van der Waals surface area contributed by atoms with E-state index in [1.54, 1.807) is 6.07 Å². The summed E-state index contributed by atoms with van der Waals surface area (Å²) in [7, 11) is 0. The molecule has 1 heterocycles. The molecule has 2 rings (SSSR count). The van der Waals surface area contributed by atoms with Crippen LogP contribution in [-0.4, -0.2) is 20.9 Å². The van der Waals surface area contributed by atoms with E-state index in [9.17, 15) is 15.0 Å². The molecule has 2 atom stereocenters. The van der Waals surface area contributed by atoms with Crippen molar-refractivity contribution in [2.45, 2.75) is 122 Å². The number of aromatic nitrogens is 1. The molecule has 33 heavy (non-hydrogen) atoms. The zero-order valence-electron chi connectivity index (χ0n) is 20.7. The van der Waals surface area contributed by atoms with E-state index in [-0.39, 0.29) is 17.5 Å². The van der Waals surface area contributed by atoms with Gasteiger partial charge >= 0.3 is 0 Å². The minimum absolute atomic E-state index is 0.0411. The van der Waals surface area contributed by atoms with Gasteiger partial charge in [0.05, 0.1) is 12.3 Å². The zero-order valence-corrected chi connectivity index (χ0v) is 20.7. The lowest BCUT2D eigenvalue weighted by Crippen LogP contribution is -2.29. The molecule has 0 saturated heterocycles. The largest absolute Gasteiger partial charge is 0.494 e. The van der Waals surface area contributed by atoms with Crippen LogP contribution in [0.25, 0.3) is 10.8 Å². The highest BCUT2D eigenvalue weighted by molar-refractivity contribution is 5.86. The summed E-state index contributed by atoms with van der Waals surface area (Å²) >= 11 is 0. The standard InChI is InChI=1S/C28H46N2O3/c1-2-3-4-5-6-9-12-18-24(31)19-13-10-7-8-11-14-21-26(29)30-27(32)22-23-17-15-16-20-25(23)28(30)33/h15-17,20,22,24,26,31,33H,2-14,18-19,21,29H2,1H3. The molecular weight excluding hydrogens is 412 g/mol. The average Bonchev–Trinajstić information content (AvgIpc) is 2.80. The van der Waals surface area contributed by atoms with Crippen molar-refractivity contribution in [2.75, 3.05) is 0 Å². The Hall–Kier alpha value is -1.85. The molecule has 0 fully saturated rings. The lowest BCUT2D eigenvalue weighted by Gasteiger charge is -2.18. The van der Waals surface area contributed by atoms with Gasteiger partial charge in [-0.2, -0.15) is 0 Å². The van der Waals surface area contributed by atoms with Gasteiger partial charge in [0.25, 0.3) is 5.56 Å². The summed E-state index contributed by atoms with van der Waals surface area (Å²) in [5, 5.41) is 22.1. The third-order valence-corrected chi connectivity index (χ3v) is 6.71. The number of rotatable bonds is 18. The Morgan fingerprint density at radius 1 is 0.818 bits per heavy atom. The van der Waals surface area contributed by atoms with E-state index in [0.29, 0.717) is 11.8 Å². The molecule has 2 unspecified atom stereocenters. The van der Waals surface area contributed by atoms with Gasteiger partial charge < -0.3 is 15.9 Å². The van der Waals surface area contributed by atoms with Crippen molar-refractivity contribution in [1.29, 1.82) is 0 Å². The summed E-state index contributed by atoms with van der Waals surface area (Å²) in [4.78, 5) is 12.4. The first-order chi connectivity index (χ1) is 16.0. The van der Waals surface area contributed by atoms with Gasteiger partial charge in [0.15, 0.2) is 0 Å². The molecule has 0 spiro atoms. The normalized spacial score (nSPS) is 13.4. The number of fused-ring (bicyclic) bond motifs is 1. The number of hydrogen-bond acceptors (Lipinski definition) is 4. The van der Waals surface area contributed by atoms with Crippen molar-refractivity contribution in [1.82, 2.24) is 4.57 Å². The van der Waals surface area contributed by atoms with Gasteiger partial charge in [-0.1, -0.05) is 109 Å². The highest BCUT2D eigenvalue weighted by Crippen LogP contribution is 2.25. The maximum absolute atomic E-state index is 12.4. The van der Waals surface area contributed by atoms with Gasteiger partial charge in [0.1, 0.15) is 0 Å². The Labute approximate surface area is 200 Å². The number of hydrogen-bond donors (Lipinski definition) is 3. The minimum atomic E-state index is -0.510. The van der Waals surface area contributed by atoms with Crippen LogP contribution in [-0.2, 0) is 0 Å². The minimum Gasteiger partial charge on any atom is -0.494 e. The fourth-order valence-electron chi connectivity index (χ4n) is 4.63. The van der Waals surface area contributed by atoms with Gasteiger partial charge in [0.2, 0.25) is 5.88 Å². The van der Waals surface area contributed by atoms with Crippen LogP contribution in [0.4, 0.5) is 0 Å². The highest BCUT2D eigenvalue weighted by Gasteiger charge is 2.14. The fourth-order valence-corrected chi connectivity index (χ4v) is 4.63. The molecule has 1 aromatic heterocycles. The smallest absolute Gasteiger partial charge is 0.255 e. The second-order valence-electron chi connectivity index (χ2n) is 9.59.